The SMILES string of the molecule is CC.CC.CC.CC.CC(C)(C)c1cc(C(C)(C)C)cc(C(C)(C)c2cccc(C(C)(C)c3ccc(C(C)(C)c4ccccc4)cc3)c2)c1. The van der Waals surface area contributed by atoms with Crippen molar-refractivity contribution in [2.45, 2.75) is 166 Å². The van der Waals surface area contributed by atoms with Gasteiger partial charge in [0.15, 0.2) is 0 Å². The molecule has 4 aromatic carbocycles. The van der Waals surface area contributed by atoms with Gasteiger partial charge in [0.1, 0.15) is 0 Å². The molecule has 0 radical (unpaired) electrons. The van der Waals surface area contributed by atoms with E-state index >= 15 is 0 Å². The lowest BCUT2D eigenvalue weighted by Gasteiger charge is -2.34. The van der Waals surface area contributed by atoms with Crippen molar-refractivity contribution < 1.29 is 0 Å². The van der Waals surface area contributed by atoms with Crippen LogP contribution in [0, 0.1) is 0 Å². The van der Waals surface area contributed by atoms with Crippen molar-refractivity contribution in [2.24, 2.45) is 0 Å². The first-order chi connectivity index (χ1) is 22.8. The highest BCUT2D eigenvalue weighted by Crippen LogP contribution is 2.41. The summed E-state index contributed by atoms with van der Waals surface area (Å²) in [4.78, 5) is 0. The third-order valence-electron chi connectivity index (χ3n) is 9.52. The molecule has 4 aromatic rings. The molecule has 0 heteroatoms. The van der Waals surface area contributed by atoms with Crippen LogP contribution in [-0.2, 0) is 27.1 Å². The molecule has 0 bridgehead atoms. The number of benzene rings is 4. The summed E-state index contributed by atoms with van der Waals surface area (Å²) in [5.74, 6) is 0. The zero-order chi connectivity index (χ0) is 38.4. The second-order valence-electron chi connectivity index (χ2n) is 15.7. The quantitative estimate of drug-likeness (QED) is 0.192. The van der Waals surface area contributed by atoms with E-state index < -0.39 is 0 Å². The largest absolute Gasteiger partial charge is 0.0683 e. The van der Waals surface area contributed by atoms with Gasteiger partial charge in [0, 0.05) is 16.2 Å². The van der Waals surface area contributed by atoms with E-state index in [2.05, 4.69) is 180 Å². The fourth-order valence-electron chi connectivity index (χ4n) is 5.81. The van der Waals surface area contributed by atoms with E-state index in [4.69, 9.17) is 0 Å². The highest BCUT2D eigenvalue weighted by atomic mass is 14.3. The average Bonchev–Trinajstić information content (AvgIpc) is 3.11. The summed E-state index contributed by atoms with van der Waals surface area (Å²) >= 11 is 0. The molecular weight excluding hydrogens is 589 g/mol. The normalized spacial score (nSPS) is 11.7. The summed E-state index contributed by atoms with van der Waals surface area (Å²) in [6.07, 6.45) is 0. The Kier molecular flexibility index (Phi) is 18.1. The minimum Gasteiger partial charge on any atom is -0.0683 e. The molecule has 272 valence electrons. The molecule has 0 N–H and O–H groups in total. The minimum atomic E-state index is -0.128. The van der Waals surface area contributed by atoms with Crippen LogP contribution in [0.4, 0.5) is 0 Å². The van der Waals surface area contributed by atoms with Crippen LogP contribution < -0.4 is 0 Å². The lowest BCUT2D eigenvalue weighted by molar-refractivity contribution is 0.557. The summed E-state index contributed by atoms with van der Waals surface area (Å²) in [7, 11) is 0. The molecule has 0 amide bonds. The first-order valence-electron chi connectivity index (χ1n) is 19.3. The van der Waals surface area contributed by atoms with E-state index in [1.807, 2.05) is 55.4 Å². The van der Waals surface area contributed by atoms with Gasteiger partial charge in [0.05, 0.1) is 0 Å². The van der Waals surface area contributed by atoms with E-state index in [1.165, 1.54) is 44.5 Å². The van der Waals surface area contributed by atoms with Gasteiger partial charge in [-0.1, -0.05) is 236 Å². The van der Waals surface area contributed by atoms with Gasteiger partial charge in [-0.25, -0.2) is 0 Å². The maximum Gasteiger partial charge on any atom is 0.0146 e. The molecule has 0 saturated heterocycles. The van der Waals surface area contributed by atoms with Crippen LogP contribution in [0.5, 0.6) is 0 Å². The molecule has 0 saturated carbocycles. The average molecular weight is 665 g/mol. The van der Waals surface area contributed by atoms with E-state index in [0.29, 0.717) is 0 Å². The Morgan fingerprint density at radius 2 is 0.490 bits per heavy atom. The van der Waals surface area contributed by atoms with Crippen molar-refractivity contribution in [1.29, 1.82) is 0 Å². The molecule has 0 atom stereocenters. The Hall–Kier alpha value is -3.12. The predicted octanol–water partition coefficient (Wildman–Crippen LogP) is 15.4. The van der Waals surface area contributed by atoms with Crippen LogP contribution in [0.2, 0.25) is 0 Å². The van der Waals surface area contributed by atoms with Gasteiger partial charge >= 0.3 is 0 Å². The number of hydrogen-bond acceptors (Lipinski definition) is 0. The van der Waals surface area contributed by atoms with E-state index in [0.717, 1.165) is 0 Å². The van der Waals surface area contributed by atoms with Crippen LogP contribution in [0.25, 0.3) is 0 Å². The van der Waals surface area contributed by atoms with Crippen molar-refractivity contribution in [2.75, 3.05) is 0 Å². The van der Waals surface area contributed by atoms with Gasteiger partial charge in [-0.3, -0.25) is 0 Å². The second-order valence-corrected chi connectivity index (χ2v) is 15.7. The van der Waals surface area contributed by atoms with Gasteiger partial charge in [-0.15, -0.1) is 0 Å². The van der Waals surface area contributed by atoms with Gasteiger partial charge in [-0.05, 0) is 55.3 Å². The zero-order valence-corrected chi connectivity index (χ0v) is 35.7. The fourth-order valence-corrected chi connectivity index (χ4v) is 5.81. The molecule has 0 fully saturated rings. The summed E-state index contributed by atoms with van der Waals surface area (Å²) in [5, 5.41) is 0. The maximum atomic E-state index is 2.45. The third-order valence-corrected chi connectivity index (χ3v) is 9.52. The lowest BCUT2D eigenvalue weighted by Crippen LogP contribution is -2.25. The van der Waals surface area contributed by atoms with Gasteiger partial charge in [-0.2, -0.15) is 0 Å². The van der Waals surface area contributed by atoms with E-state index in [9.17, 15) is 0 Å². The first kappa shape index (κ1) is 45.9. The molecule has 0 aliphatic rings. The standard InChI is InChI=1S/C41H52.4C2H6/c1-37(2,3)34-26-35(38(4,5)6)28-36(27-34)41(11,12)33-20-16-19-32(25-33)40(9,10)31-23-21-30(22-24-31)39(7,8)29-17-14-13-15-18-29;4*1-2/h13-28H,1-12H3;4*1-2H3. The summed E-state index contributed by atoms with van der Waals surface area (Å²) < 4.78 is 0. The molecule has 0 aliphatic heterocycles. The monoisotopic (exact) mass is 665 g/mol. The molecule has 0 nitrogen and oxygen atoms in total. The lowest BCUT2D eigenvalue weighted by atomic mass is 9.70. The molecule has 0 aliphatic carbocycles. The van der Waals surface area contributed by atoms with Crippen molar-refractivity contribution in [3.8, 4) is 0 Å². The number of hydrogen-bond donors (Lipinski definition) is 0. The smallest absolute Gasteiger partial charge is 0.0146 e. The van der Waals surface area contributed by atoms with Crippen LogP contribution in [-0.4, -0.2) is 0 Å². The Morgan fingerprint density at radius 1 is 0.245 bits per heavy atom. The Balaban J connectivity index is 0.00000268. The molecule has 0 aromatic heterocycles. The summed E-state index contributed by atoms with van der Waals surface area (Å²) in [6.45, 7) is 44.0. The van der Waals surface area contributed by atoms with Crippen LogP contribution in [0.3, 0.4) is 0 Å². The third kappa shape index (κ3) is 11.5. The molecule has 0 spiro atoms. The summed E-state index contributed by atoms with van der Waals surface area (Å²) in [6, 6.07) is 36.7. The topological polar surface area (TPSA) is 0 Å². The van der Waals surface area contributed by atoms with Crippen molar-refractivity contribution in [1.82, 2.24) is 0 Å². The van der Waals surface area contributed by atoms with Gasteiger partial charge in [0.25, 0.3) is 0 Å². The van der Waals surface area contributed by atoms with E-state index in [-0.39, 0.29) is 27.1 Å². The Morgan fingerprint density at radius 3 is 0.837 bits per heavy atom. The maximum absolute atomic E-state index is 2.45. The van der Waals surface area contributed by atoms with Gasteiger partial charge < -0.3 is 0 Å². The van der Waals surface area contributed by atoms with Crippen LogP contribution >= 0.6 is 0 Å². The van der Waals surface area contributed by atoms with E-state index in [1.54, 1.807) is 0 Å². The molecule has 49 heavy (non-hydrogen) atoms. The van der Waals surface area contributed by atoms with Crippen molar-refractivity contribution >= 4 is 0 Å². The molecule has 4 rings (SSSR count). The second kappa shape index (κ2) is 19.3. The Labute approximate surface area is 306 Å². The van der Waals surface area contributed by atoms with Crippen molar-refractivity contribution in [3.63, 3.8) is 0 Å². The number of rotatable bonds is 6. The predicted molar refractivity (Wildman–Crippen MR) is 225 cm³/mol. The molecular formula is C49H76. The molecule has 0 heterocycles. The minimum absolute atomic E-state index is 0.0403. The highest BCUT2D eigenvalue weighted by Gasteiger charge is 2.31. The summed E-state index contributed by atoms with van der Waals surface area (Å²) in [5.41, 5.74) is 10.8. The van der Waals surface area contributed by atoms with Crippen LogP contribution in [0.1, 0.15) is 183 Å². The fraction of sp³-hybridized carbons (Fsp3) is 0.510. The Bertz CT molecular complexity index is 1450. The zero-order valence-electron chi connectivity index (χ0n) is 35.7. The highest BCUT2D eigenvalue weighted by molar-refractivity contribution is 5.49. The van der Waals surface area contributed by atoms with Crippen LogP contribution in [0.15, 0.2) is 97.1 Å². The van der Waals surface area contributed by atoms with Gasteiger partial charge in [0.2, 0.25) is 0 Å². The molecule has 0 unspecified atom stereocenters. The van der Waals surface area contributed by atoms with Crippen molar-refractivity contribution in [3.05, 3.63) is 142 Å². The first-order valence-corrected chi connectivity index (χ1v) is 19.3.